The van der Waals surface area contributed by atoms with Gasteiger partial charge in [-0.05, 0) is 30.9 Å². The molecule has 1 aromatic rings. The molecule has 0 aliphatic carbocycles. The lowest BCUT2D eigenvalue weighted by atomic mass is 9.88. The molecule has 0 amide bonds. The molecule has 1 aliphatic rings. The lowest BCUT2D eigenvalue weighted by Gasteiger charge is -2.42. The van der Waals surface area contributed by atoms with Crippen LogP contribution in [-0.2, 0) is 6.42 Å². The van der Waals surface area contributed by atoms with Crippen molar-refractivity contribution in [3.8, 4) is 0 Å². The first-order valence-corrected chi connectivity index (χ1v) is 6.83. The molecule has 2 N–H and O–H groups in total. The number of rotatable bonds is 5. The summed E-state index contributed by atoms with van der Waals surface area (Å²) in [4.78, 5) is 2.56. The van der Waals surface area contributed by atoms with Gasteiger partial charge in [-0.15, -0.1) is 0 Å². The number of benzene rings is 1. The zero-order chi connectivity index (χ0) is 12.3. The Balaban J connectivity index is 2.33. The van der Waals surface area contributed by atoms with Crippen molar-refractivity contribution in [2.24, 2.45) is 5.73 Å². The van der Waals surface area contributed by atoms with Gasteiger partial charge in [0.1, 0.15) is 0 Å². The molecular weight excluding hydrogens is 208 g/mol. The highest BCUT2D eigenvalue weighted by molar-refractivity contribution is 5.60. The van der Waals surface area contributed by atoms with Gasteiger partial charge in [0.05, 0.1) is 5.54 Å². The Labute approximate surface area is 105 Å². The summed E-state index contributed by atoms with van der Waals surface area (Å²) in [5.74, 6) is 0. The maximum Gasteiger partial charge on any atom is 0.0521 e. The minimum absolute atomic E-state index is 0.168. The summed E-state index contributed by atoms with van der Waals surface area (Å²) in [7, 11) is 0. The summed E-state index contributed by atoms with van der Waals surface area (Å²) < 4.78 is 0. The largest absolute Gasteiger partial charge is 0.364 e. The van der Waals surface area contributed by atoms with E-state index >= 15 is 0 Å². The lowest BCUT2D eigenvalue weighted by molar-refractivity contribution is 0.357. The summed E-state index contributed by atoms with van der Waals surface area (Å²) in [5, 5.41) is 0. The monoisotopic (exact) mass is 232 g/mol. The molecular formula is C15H24N2. The fraction of sp³-hybridized carbons (Fsp3) is 0.600. The van der Waals surface area contributed by atoms with Crippen LogP contribution in [0, 0.1) is 0 Å². The Morgan fingerprint density at radius 1 is 1.29 bits per heavy atom. The van der Waals surface area contributed by atoms with Crippen molar-refractivity contribution >= 4 is 5.69 Å². The molecule has 1 aliphatic heterocycles. The molecule has 0 spiro atoms. The topological polar surface area (TPSA) is 29.3 Å². The van der Waals surface area contributed by atoms with E-state index in [2.05, 4.69) is 43.0 Å². The van der Waals surface area contributed by atoms with Crippen LogP contribution in [0.2, 0.25) is 0 Å². The van der Waals surface area contributed by atoms with Crippen molar-refractivity contribution in [2.45, 2.75) is 45.1 Å². The Morgan fingerprint density at radius 3 is 2.71 bits per heavy atom. The number of hydrogen-bond donors (Lipinski definition) is 1. The second-order valence-corrected chi connectivity index (χ2v) is 5.06. The van der Waals surface area contributed by atoms with Gasteiger partial charge in [0, 0.05) is 18.8 Å². The molecule has 0 saturated heterocycles. The average Bonchev–Trinajstić information content (AvgIpc) is 2.81. The van der Waals surface area contributed by atoms with E-state index in [-0.39, 0.29) is 5.54 Å². The Bertz CT molecular complexity index is 369. The normalized spacial score (nSPS) is 17.9. The van der Waals surface area contributed by atoms with Crippen LogP contribution >= 0.6 is 0 Å². The summed E-state index contributed by atoms with van der Waals surface area (Å²) >= 11 is 0. The third kappa shape index (κ3) is 2.06. The molecule has 2 nitrogen and oxygen atoms in total. The van der Waals surface area contributed by atoms with E-state index < -0.39 is 0 Å². The third-order valence-electron chi connectivity index (χ3n) is 4.21. The number of fused-ring (bicyclic) bond motifs is 1. The molecule has 94 valence electrons. The van der Waals surface area contributed by atoms with Gasteiger partial charge < -0.3 is 10.6 Å². The van der Waals surface area contributed by atoms with E-state index in [9.17, 15) is 0 Å². The number of para-hydroxylation sites is 1. The van der Waals surface area contributed by atoms with Crippen molar-refractivity contribution in [1.82, 2.24) is 0 Å². The van der Waals surface area contributed by atoms with E-state index in [0.29, 0.717) is 0 Å². The van der Waals surface area contributed by atoms with Crippen molar-refractivity contribution in [2.75, 3.05) is 18.0 Å². The van der Waals surface area contributed by atoms with Gasteiger partial charge in [-0.25, -0.2) is 0 Å². The quantitative estimate of drug-likeness (QED) is 0.845. The highest BCUT2D eigenvalue weighted by Gasteiger charge is 2.36. The fourth-order valence-corrected chi connectivity index (χ4v) is 3.16. The van der Waals surface area contributed by atoms with Crippen LogP contribution in [0.25, 0.3) is 0 Å². The van der Waals surface area contributed by atoms with Gasteiger partial charge >= 0.3 is 0 Å². The summed E-state index contributed by atoms with van der Waals surface area (Å²) in [5.41, 5.74) is 9.16. The minimum Gasteiger partial charge on any atom is -0.364 e. The number of anilines is 1. The summed E-state index contributed by atoms with van der Waals surface area (Å²) in [6.45, 7) is 6.40. The number of nitrogens with two attached hydrogens (primary N) is 1. The van der Waals surface area contributed by atoms with Gasteiger partial charge in [0.25, 0.3) is 0 Å². The predicted molar refractivity (Wildman–Crippen MR) is 74.5 cm³/mol. The molecule has 1 atom stereocenters. The molecule has 17 heavy (non-hydrogen) atoms. The molecule has 2 rings (SSSR count). The molecule has 0 radical (unpaired) electrons. The van der Waals surface area contributed by atoms with Gasteiger partial charge in [0.2, 0.25) is 0 Å². The fourth-order valence-electron chi connectivity index (χ4n) is 3.16. The maximum atomic E-state index is 6.10. The standard InChI is InChI=1S/C15H24N2/c1-3-10-15(4-2,12-16)17-11-9-13-7-5-6-8-14(13)17/h5-8H,3-4,9-12,16H2,1-2H3. The van der Waals surface area contributed by atoms with Gasteiger partial charge in [0.15, 0.2) is 0 Å². The van der Waals surface area contributed by atoms with Crippen LogP contribution in [-0.4, -0.2) is 18.6 Å². The molecule has 1 unspecified atom stereocenters. The van der Waals surface area contributed by atoms with Gasteiger partial charge in [-0.2, -0.15) is 0 Å². The zero-order valence-corrected chi connectivity index (χ0v) is 11.1. The first-order chi connectivity index (χ1) is 8.27. The van der Waals surface area contributed by atoms with Crippen LogP contribution in [0.3, 0.4) is 0 Å². The van der Waals surface area contributed by atoms with Crippen LogP contribution in [0.1, 0.15) is 38.7 Å². The van der Waals surface area contributed by atoms with E-state index in [1.165, 1.54) is 30.5 Å². The molecule has 0 bridgehead atoms. The SMILES string of the molecule is CCCC(CC)(CN)N1CCc2ccccc21. The lowest BCUT2D eigenvalue weighted by Crippen LogP contribution is -2.53. The second kappa shape index (κ2) is 5.09. The Morgan fingerprint density at radius 2 is 2.06 bits per heavy atom. The van der Waals surface area contributed by atoms with E-state index in [1.54, 1.807) is 0 Å². The molecule has 0 fully saturated rings. The second-order valence-electron chi connectivity index (χ2n) is 5.06. The average molecular weight is 232 g/mol. The van der Waals surface area contributed by atoms with Crippen molar-refractivity contribution < 1.29 is 0 Å². The molecule has 2 heteroatoms. The van der Waals surface area contributed by atoms with Crippen LogP contribution < -0.4 is 10.6 Å². The van der Waals surface area contributed by atoms with Crippen molar-refractivity contribution in [3.05, 3.63) is 29.8 Å². The minimum atomic E-state index is 0.168. The van der Waals surface area contributed by atoms with Gasteiger partial charge in [-0.1, -0.05) is 38.5 Å². The first kappa shape index (κ1) is 12.4. The maximum absolute atomic E-state index is 6.10. The Kier molecular flexibility index (Phi) is 3.72. The molecule has 1 heterocycles. The van der Waals surface area contributed by atoms with E-state index in [0.717, 1.165) is 19.5 Å². The molecule has 0 saturated carbocycles. The molecule has 1 aromatic carbocycles. The molecule has 0 aromatic heterocycles. The van der Waals surface area contributed by atoms with Crippen LogP contribution in [0.15, 0.2) is 24.3 Å². The first-order valence-electron chi connectivity index (χ1n) is 6.83. The Hall–Kier alpha value is -1.02. The highest BCUT2D eigenvalue weighted by atomic mass is 15.2. The van der Waals surface area contributed by atoms with Crippen LogP contribution in [0.5, 0.6) is 0 Å². The van der Waals surface area contributed by atoms with E-state index in [4.69, 9.17) is 5.73 Å². The van der Waals surface area contributed by atoms with E-state index in [1.807, 2.05) is 0 Å². The summed E-state index contributed by atoms with van der Waals surface area (Å²) in [6.07, 6.45) is 4.69. The number of hydrogen-bond acceptors (Lipinski definition) is 2. The third-order valence-corrected chi connectivity index (χ3v) is 4.21. The van der Waals surface area contributed by atoms with Gasteiger partial charge in [-0.3, -0.25) is 0 Å². The number of nitrogens with zero attached hydrogens (tertiary/aromatic N) is 1. The van der Waals surface area contributed by atoms with Crippen LogP contribution in [0.4, 0.5) is 5.69 Å². The smallest absolute Gasteiger partial charge is 0.0521 e. The summed E-state index contributed by atoms with van der Waals surface area (Å²) in [6, 6.07) is 8.77. The zero-order valence-electron chi connectivity index (χ0n) is 11.1. The predicted octanol–water partition coefficient (Wildman–Crippen LogP) is 2.96. The van der Waals surface area contributed by atoms with Crippen molar-refractivity contribution in [1.29, 1.82) is 0 Å². The van der Waals surface area contributed by atoms with Crippen molar-refractivity contribution in [3.63, 3.8) is 0 Å². The highest BCUT2D eigenvalue weighted by Crippen LogP contribution is 2.36.